The van der Waals surface area contributed by atoms with Crippen molar-refractivity contribution in [1.82, 2.24) is 20.8 Å². The van der Waals surface area contributed by atoms with Crippen LogP contribution in [0.3, 0.4) is 0 Å². The van der Waals surface area contributed by atoms with Gasteiger partial charge in [0.2, 0.25) is 0 Å². The molecule has 6 amide bonds. The normalized spacial score (nSPS) is 12.9. The molecule has 2 unspecified atom stereocenters. The molecule has 29 heteroatoms. The number of aliphatic hydroxyl groups excluding tert-OH is 8. The van der Waals surface area contributed by atoms with Crippen LogP contribution in [0, 0.1) is 0 Å². The highest BCUT2D eigenvalue weighted by Crippen LogP contribution is 2.11. The first-order chi connectivity index (χ1) is 34.2. The van der Waals surface area contributed by atoms with Gasteiger partial charge in [-0.05, 0) is 46.0 Å². The maximum atomic E-state index is 11.2. The highest BCUT2D eigenvalue weighted by molar-refractivity contribution is 6.01. The number of unbranched alkanes of at least 4 members (excludes halogenated alkanes) is 1. The molecule has 2 saturated heterocycles. The molecule has 2 atom stereocenters. The second-order valence-electron chi connectivity index (χ2n) is 13.1. The molecular formula is C42H80N4O25. The Hall–Kier alpha value is -5.05. The fourth-order valence-electron chi connectivity index (χ4n) is 3.96. The lowest BCUT2D eigenvalue weighted by Crippen LogP contribution is -2.32. The van der Waals surface area contributed by atoms with Gasteiger partial charge in [0, 0.05) is 98.0 Å². The zero-order valence-corrected chi connectivity index (χ0v) is 41.1. The van der Waals surface area contributed by atoms with Gasteiger partial charge in [0.25, 0.3) is 23.6 Å². The van der Waals surface area contributed by atoms with Gasteiger partial charge in [-0.25, -0.2) is 9.59 Å². The number of hydrogen-bond donors (Lipinski definition) is 10. The highest BCUT2D eigenvalue weighted by Gasteiger charge is 2.31. The number of alkyl carbamates (subject to hydrolysis) is 2. The molecule has 0 bridgehead atoms. The first-order valence-corrected chi connectivity index (χ1v) is 22.7. The molecule has 2 rings (SSSR count). The number of aliphatic hydroxyl groups is 8. The minimum Gasteiger partial charge on any atom is -0.447 e. The van der Waals surface area contributed by atoms with Crippen molar-refractivity contribution in [2.45, 2.75) is 97.2 Å². The summed E-state index contributed by atoms with van der Waals surface area (Å²) in [5.74, 6) is -1.84. The molecule has 10 N–H and O–H groups in total. The first-order valence-electron chi connectivity index (χ1n) is 22.7. The van der Waals surface area contributed by atoms with Crippen LogP contribution < -0.4 is 10.6 Å². The van der Waals surface area contributed by atoms with Crippen molar-refractivity contribution in [3.05, 3.63) is 0 Å². The highest BCUT2D eigenvalue weighted by atomic mass is 16.7. The van der Waals surface area contributed by atoms with Gasteiger partial charge in [0.1, 0.15) is 31.7 Å². The number of aldehydes is 1. The molecule has 0 radical (unpaired) electrons. The van der Waals surface area contributed by atoms with E-state index in [0.29, 0.717) is 81.7 Å². The number of hydrogen-bond acceptors (Lipinski definition) is 25. The third-order valence-corrected chi connectivity index (χ3v) is 7.17. The summed E-state index contributed by atoms with van der Waals surface area (Å²) in [7, 11) is 0. The number of hydroxylamine groups is 4. The molecule has 2 fully saturated rings. The average Bonchev–Trinajstić information content (AvgIpc) is 3.87. The smallest absolute Gasteiger partial charge is 0.407 e. The van der Waals surface area contributed by atoms with Crippen LogP contribution in [0.5, 0.6) is 0 Å². The topological polar surface area (TPSA) is 420 Å². The molecule has 0 aromatic heterocycles. The van der Waals surface area contributed by atoms with E-state index in [-0.39, 0.29) is 130 Å². The van der Waals surface area contributed by atoms with Crippen LogP contribution in [0.1, 0.15) is 85.0 Å². The molecule has 0 aliphatic carbocycles. The van der Waals surface area contributed by atoms with Gasteiger partial charge < -0.3 is 94.4 Å². The zero-order chi connectivity index (χ0) is 54.8. The summed E-state index contributed by atoms with van der Waals surface area (Å²) in [5, 5.41) is 71.1. The Labute approximate surface area is 413 Å². The molecule has 2 aliphatic heterocycles. The van der Waals surface area contributed by atoms with Gasteiger partial charge in [-0.3, -0.25) is 28.8 Å². The minimum absolute atomic E-state index is 0.0509. The Morgan fingerprint density at radius 2 is 0.817 bits per heavy atom. The Balaban J connectivity index is -0.000000257. The molecule has 2 aliphatic rings. The van der Waals surface area contributed by atoms with Crippen LogP contribution in [0.2, 0.25) is 0 Å². The molecule has 0 aromatic carbocycles. The molecule has 2 heterocycles. The van der Waals surface area contributed by atoms with E-state index in [4.69, 9.17) is 69.3 Å². The standard InChI is InChI=1S/2C12H25NO6.2C5H5NO4.C4H8O.2C2H6O2/c2*1-2-13-12(16)19-10-11(18-8-4-6-15)9-17-7-3-5-14;2*7-3-10-6-4(8)1-2-5(6)9;1-2-3-4-5;2*3-1-2-4/h2*11,14-15H,2-10H2,1H3,(H,13,16);2*3H,1-2H2;4H,2-3H2,1H3;2*3-4H,1-2H2. The molecule has 29 nitrogen and oxygen atoms in total. The fraction of sp³-hybridized carbons (Fsp3) is 0.786. The van der Waals surface area contributed by atoms with Gasteiger partial charge in [-0.1, -0.05) is 6.92 Å². The van der Waals surface area contributed by atoms with Crippen molar-refractivity contribution >= 4 is 55.0 Å². The summed E-state index contributed by atoms with van der Waals surface area (Å²) in [6.45, 7) is 8.81. The third-order valence-electron chi connectivity index (χ3n) is 7.17. The van der Waals surface area contributed by atoms with E-state index in [1.807, 2.05) is 6.92 Å². The van der Waals surface area contributed by atoms with E-state index in [1.54, 1.807) is 13.8 Å². The quantitative estimate of drug-likeness (QED) is 0.0184. The Morgan fingerprint density at radius 1 is 0.507 bits per heavy atom. The number of ether oxygens (including phenoxy) is 6. The number of nitrogens with one attached hydrogen (secondary N) is 2. The number of rotatable bonds is 32. The van der Waals surface area contributed by atoms with E-state index < -0.39 is 35.8 Å². The Bertz CT molecular complexity index is 1180. The van der Waals surface area contributed by atoms with Crippen molar-refractivity contribution in [2.75, 3.05) is 119 Å². The molecule has 0 aromatic rings. The minimum atomic E-state index is -0.492. The van der Waals surface area contributed by atoms with Crippen molar-refractivity contribution < 1.29 is 122 Å². The number of amides is 6. The maximum Gasteiger partial charge on any atom is 0.407 e. The zero-order valence-electron chi connectivity index (χ0n) is 41.1. The van der Waals surface area contributed by atoms with E-state index in [0.717, 1.165) is 12.7 Å². The lowest BCUT2D eigenvalue weighted by molar-refractivity contribution is -0.188. The molecular weight excluding hydrogens is 960 g/mol. The molecule has 0 spiro atoms. The van der Waals surface area contributed by atoms with Crippen LogP contribution in [0.4, 0.5) is 9.59 Å². The second kappa shape index (κ2) is 61.1. The van der Waals surface area contributed by atoms with Crippen LogP contribution in [0.15, 0.2) is 0 Å². The van der Waals surface area contributed by atoms with Crippen LogP contribution >= 0.6 is 0 Å². The summed E-state index contributed by atoms with van der Waals surface area (Å²) >= 11 is 0. The summed E-state index contributed by atoms with van der Waals surface area (Å²) < 4.78 is 31.4. The van der Waals surface area contributed by atoms with Crippen LogP contribution in [0.25, 0.3) is 0 Å². The van der Waals surface area contributed by atoms with Gasteiger partial charge in [0.05, 0.1) is 39.6 Å². The Kier molecular flexibility index (Phi) is 64.4. The fourth-order valence-corrected chi connectivity index (χ4v) is 3.96. The van der Waals surface area contributed by atoms with Crippen LogP contribution in [-0.4, -0.2) is 237 Å². The number of imide groups is 2. The maximum absolute atomic E-state index is 11.2. The molecule has 418 valence electrons. The van der Waals surface area contributed by atoms with Gasteiger partial charge >= 0.3 is 25.1 Å². The van der Waals surface area contributed by atoms with Crippen molar-refractivity contribution in [3.8, 4) is 0 Å². The molecule has 0 saturated carbocycles. The number of carbonyl (C=O) groups excluding carboxylic acids is 9. The van der Waals surface area contributed by atoms with E-state index in [2.05, 4.69) is 20.3 Å². The second-order valence-corrected chi connectivity index (χ2v) is 13.1. The van der Waals surface area contributed by atoms with E-state index >= 15 is 0 Å². The van der Waals surface area contributed by atoms with E-state index in [1.165, 1.54) is 0 Å². The van der Waals surface area contributed by atoms with Crippen molar-refractivity contribution in [3.63, 3.8) is 0 Å². The van der Waals surface area contributed by atoms with Gasteiger partial charge in [-0.15, -0.1) is 10.1 Å². The van der Waals surface area contributed by atoms with E-state index in [9.17, 15) is 43.2 Å². The average molecular weight is 1040 g/mol. The van der Waals surface area contributed by atoms with Crippen molar-refractivity contribution in [1.29, 1.82) is 0 Å². The van der Waals surface area contributed by atoms with Gasteiger partial charge in [-0.2, -0.15) is 0 Å². The summed E-state index contributed by atoms with van der Waals surface area (Å²) in [6, 6.07) is 0. The first kappa shape index (κ1) is 74.9. The SMILES string of the molecule is CCCC=O.CCNC(=O)OCC(COCCCO)OCCCO.CCNC(=O)OCC(COCCCO)OCCCO.O=CON1C(=O)CCC1=O.O=CON1C(=O)CCC1=O.OCCO.OCCO. The number of carbonyl (C=O) groups is 9. The third kappa shape index (κ3) is 54.1. The summed E-state index contributed by atoms with van der Waals surface area (Å²) in [6.07, 6.45) is 3.58. The largest absolute Gasteiger partial charge is 0.447 e. The monoisotopic (exact) mass is 1040 g/mol. The predicted molar refractivity (Wildman–Crippen MR) is 244 cm³/mol. The van der Waals surface area contributed by atoms with Crippen molar-refractivity contribution in [2.24, 2.45) is 0 Å². The number of nitrogens with zero attached hydrogens (tertiary/aromatic N) is 2. The van der Waals surface area contributed by atoms with Gasteiger partial charge in [0.15, 0.2) is 0 Å². The predicted octanol–water partition coefficient (Wildman–Crippen LogP) is -2.83. The lowest BCUT2D eigenvalue weighted by Gasteiger charge is -2.18. The molecule has 71 heavy (non-hydrogen) atoms. The summed E-state index contributed by atoms with van der Waals surface area (Å²) in [4.78, 5) is 102. The lowest BCUT2D eigenvalue weighted by atomic mass is 10.4. The van der Waals surface area contributed by atoms with Crippen LogP contribution in [-0.2, 0) is 71.7 Å². The Morgan fingerprint density at radius 3 is 1.04 bits per heavy atom. The summed E-state index contributed by atoms with van der Waals surface area (Å²) in [5.41, 5.74) is 0.